The molecule has 2 saturated heterocycles. The molecule has 3 rings (SSSR count). The lowest BCUT2D eigenvalue weighted by atomic mass is 9.99. The number of hydrogen-bond acceptors (Lipinski definition) is 4. The molecule has 0 saturated carbocycles. The van der Waals surface area contributed by atoms with Crippen LogP contribution in [0.3, 0.4) is 0 Å². The average Bonchev–Trinajstić information content (AvgIpc) is 2.69. The number of carbonyl (C=O) groups is 1. The van der Waals surface area contributed by atoms with E-state index in [1.807, 2.05) is 25.1 Å². The lowest BCUT2D eigenvalue weighted by Crippen LogP contribution is -2.53. The summed E-state index contributed by atoms with van der Waals surface area (Å²) in [5.74, 6) is 1.27. The Morgan fingerprint density at radius 3 is 2.44 bits per heavy atom. The molecule has 2 heterocycles. The summed E-state index contributed by atoms with van der Waals surface area (Å²) in [5.41, 5.74) is 2.14. The molecule has 150 valence electrons. The van der Waals surface area contributed by atoms with Gasteiger partial charge in [-0.25, -0.2) is 0 Å². The number of nitrogens with one attached hydrogen (secondary N) is 1. The number of rotatable bonds is 6. The number of amides is 1. The molecular formula is C22H35N3O2. The third kappa shape index (κ3) is 5.53. The highest BCUT2D eigenvalue weighted by Crippen LogP contribution is 2.24. The van der Waals surface area contributed by atoms with Crippen molar-refractivity contribution in [3.63, 3.8) is 0 Å². The molecule has 5 heteroatoms. The summed E-state index contributed by atoms with van der Waals surface area (Å²) in [5, 5.41) is 3.16. The van der Waals surface area contributed by atoms with E-state index >= 15 is 0 Å². The highest BCUT2D eigenvalue weighted by molar-refractivity contribution is 5.95. The molecule has 1 aromatic carbocycles. The number of ether oxygens (including phenoxy) is 1. The third-order valence-electron chi connectivity index (χ3n) is 6.03. The van der Waals surface area contributed by atoms with E-state index in [2.05, 4.69) is 35.0 Å². The van der Waals surface area contributed by atoms with Gasteiger partial charge in [-0.3, -0.25) is 9.69 Å². The van der Waals surface area contributed by atoms with Crippen LogP contribution in [0, 0.1) is 5.92 Å². The number of piperazine rings is 1. The first-order chi connectivity index (χ1) is 13.0. The molecule has 1 unspecified atom stereocenters. The van der Waals surface area contributed by atoms with Crippen LogP contribution in [-0.4, -0.2) is 67.7 Å². The molecule has 5 nitrogen and oxygen atoms in total. The molecule has 27 heavy (non-hydrogen) atoms. The fourth-order valence-electron chi connectivity index (χ4n) is 4.14. The van der Waals surface area contributed by atoms with Gasteiger partial charge in [0.1, 0.15) is 0 Å². The first-order valence-corrected chi connectivity index (χ1v) is 10.5. The minimum Gasteiger partial charge on any atom is -0.381 e. The number of hydrogen-bond donors (Lipinski definition) is 1. The number of anilines is 1. The number of carbonyl (C=O) groups excluding carboxylic acids is 1. The number of para-hydroxylation sites is 1. The van der Waals surface area contributed by atoms with E-state index in [4.69, 9.17) is 4.74 Å². The predicted octanol–water partition coefficient (Wildman–Crippen LogP) is 3.18. The molecule has 2 fully saturated rings. The van der Waals surface area contributed by atoms with Gasteiger partial charge in [-0.2, -0.15) is 0 Å². The van der Waals surface area contributed by atoms with Gasteiger partial charge in [0.05, 0.1) is 6.04 Å². The highest BCUT2D eigenvalue weighted by atomic mass is 16.5. The maximum absolute atomic E-state index is 12.8. The topological polar surface area (TPSA) is 44.8 Å². The van der Waals surface area contributed by atoms with Gasteiger partial charge in [-0.1, -0.05) is 32.0 Å². The van der Waals surface area contributed by atoms with Crippen molar-refractivity contribution in [2.45, 2.75) is 45.6 Å². The quantitative estimate of drug-likeness (QED) is 0.832. The molecule has 1 N–H and O–H groups in total. The van der Waals surface area contributed by atoms with Crippen molar-refractivity contribution in [3.8, 4) is 0 Å². The summed E-state index contributed by atoms with van der Waals surface area (Å²) >= 11 is 0. The smallest absolute Gasteiger partial charge is 0.241 e. The Labute approximate surface area is 164 Å². The Balaban J connectivity index is 1.48. The minimum atomic E-state index is -0.101. The molecule has 0 spiro atoms. The first kappa shape index (κ1) is 20.3. The molecular weight excluding hydrogens is 338 g/mol. The first-order valence-electron chi connectivity index (χ1n) is 10.5. The molecule has 1 atom stereocenters. The Hall–Kier alpha value is -1.43. The average molecular weight is 374 g/mol. The van der Waals surface area contributed by atoms with Crippen LogP contribution in [0.15, 0.2) is 24.3 Å². The van der Waals surface area contributed by atoms with Gasteiger partial charge < -0.3 is 15.0 Å². The van der Waals surface area contributed by atoms with Crippen LogP contribution in [0.5, 0.6) is 0 Å². The lowest BCUT2D eigenvalue weighted by molar-refractivity contribution is -0.121. The van der Waals surface area contributed by atoms with Gasteiger partial charge in [-0.05, 0) is 43.2 Å². The van der Waals surface area contributed by atoms with E-state index in [-0.39, 0.29) is 11.9 Å². The van der Waals surface area contributed by atoms with Crippen LogP contribution < -0.4 is 5.32 Å². The molecule has 0 aliphatic carbocycles. The van der Waals surface area contributed by atoms with Crippen molar-refractivity contribution in [2.24, 2.45) is 5.92 Å². The fraction of sp³-hybridized carbons (Fsp3) is 0.682. The van der Waals surface area contributed by atoms with Crippen LogP contribution in [0.25, 0.3) is 0 Å². The zero-order valence-corrected chi connectivity index (χ0v) is 17.1. The van der Waals surface area contributed by atoms with Gasteiger partial charge in [0.2, 0.25) is 5.91 Å². The summed E-state index contributed by atoms with van der Waals surface area (Å²) < 4.78 is 5.46. The maximum Gasteiger partial charge on any atom is 0.241 e. The molecule has 0 aromatic heterocycles. The van der Waals surface area contributed by atoms with Crippen molar-refractivity contribution in [1.82, 2.24) is 9.80 Å². The predicted molar refractivity (Wildman–Crippen MR) is 110 cm³/mol. The van der Waals surface area contributed by atoms with Crippen molar-refractivity contribution in [1.29, 1.82) is 0 Å². The van der Waals surface area contributed by atoms with Gasteiger partial charge >= 0.3 is 0 Å². The van der Waals surface area contributed by atoms with Crippen molar-refractivity contribution in [2.75, 3.05) is 51.3 Å². The molecule has 2 aliphatic rings. The van der Waals surface area contributed by atoms with E-state index in [0.29, 0.717) is 5.92 Å². The normalized spacial score (nSPS) is 21.3. The van der Waals surface area contributed by atoms with Crippen molar-refractivity contribution in [3.05, 3.63) is 29.8 Å². The van der Waals surface area contributed by atoms with E-state index in [1.165, 1.54) is 24.9 Å². The standard InChI is InChI=1S/C22H35N3O2/c1-17(2)20-6-4-5-7-21(20)23-22(26)18(3)25-12-10-24(11-13-25)16-19-8-14-27-15-9-19/h4-7,17-19H,8-16H2,1-3H3,(H,23,26). The molecule has 0 bridgehead atoms. The highest BCUT2D eigenvalue weighted by Gasteiger charge is 2.27. The molecule has 0 radical (unpaired) electrons. The number of nitrogens with zero attached hydrogens (tertiary/aromatic N) is 2. The molecule has 2 aliphatic heterocycles. The van der Waals surface area contributed by atoms with Crippen LogP contribution in [0.4, 0.5) is 5.69 Å². The largest absolute Gasteiger partial charge is 0.381 e. The summed E-state index contributed by atoms with van der Waals surface area (Å²) in [4.78, 5) is 17.7. The SMILES string of the molecule is CC(C)c1ccccc1NC(=O)C(C)N1CCN(CC2CCOCC2)CC1. The summed E-state index contributed by atoms with van der Waals surface area (Å²) in [6.07, 6.45) is 2.38. The molecule has 1 amide bonds. The van der Waals surface area contributed by atoms with E-state index in [9.17, 15) is 4.79 Å². The van der Waals surface area contributed by atoms with Gasteiger partial charge in [0, 0.05) is 51.6 Å². The van der Waals surface area contributed by atoms with Gasteiger partial charge in [0.25, 0.3) is 0 Å². The molecule has 1 aromatic rings. The monoisotopic (exact) mass is 373 g/mol. The van der Waals surface area contributed by atoms with Crippen LogP contribution >= 0.6 is 0 Å². The van der Waals surface area contributed by atoms with E-state index in [0.717, 1.165) is 51.0 Å². The van der Waals surface area contributed by atoms with Crippen molar-refractivity contribution >= 4 is 11.6 Å². The Kier molecular flexibility index (Phi) is 7.27. The van der Waals surface area contributed by atoms with E-state index in [1.54, 1.807) is 0 Å². The second kappa shape index (κ2) is 9.67. The van der Waals surface area contributed by atoms with Crippen LogP contribution in [0.1, 0.15) is 45.1 Å². The summed E-state index contributed by atoms with van der Waals surface area (Å²) in [7, 11) is 0. The maximum atomic E-state index is 12.8. The second-order valence-electron chi connectivity index (χ2n) is 8.30. The van der Waals surface area contributed by atoms with Crippen molar-refractivity contribution < 1.29 is 9.53 Å². The van der Waals surface area contributed by atoms with Crippen LogP contribution in [0.2, 0.25) is 0 Å². The Bertz CT molecular complexity index is 605. The van der Waals surface area contributed by atoms with Gasteiger partial charge in [0.15, 0.2) is 0 Å². The summed E-state index contributed by atoms with van der Waals surface area (Å²) in [6, 6.07) is 8.02. The second-order valence-corrected chi connectivity index (χ2v) is 8.30. The lowest BCUT2D eigenvalue weighted by Gasteiger charge is -2.39. The fourth-order valence-corrected chi connectivity index (χ4v) is 4.14. The Morgan fingerprint density at radius 1 is 1.11 bits per heavy atom. The van der Waals surface area contributed by atoms with E-state index < -0.39 is 0 Å². The zero-order chi connectivity index (χ0) is 19.2. The minimum absolute atomic E-state index is 0.0981. The van der Waals surface area contributed by atoms with Crippen LogP contribution in [-0.2, 0) is 9.53 Å². The van der Waals surface area contributed by atoms with Gasteiger partial charge in [-0.15, -0.1) is 0 Å². The zero-order valence-electron chi connectivity index (χ0n) is 17.1. The summed E-state index contributed by atoms with van der Waals surface area (Å²) in [6.45, 7) is 13.4. The Morgan fingerprint density at radius 2 is 1.78 bits per heavy atom. The third-order valence-corrected chi connectivity index (χ3v) is 6.03. The number of benzene rings is 1.